The normalized spacial score (nSPS) is 54.4. The van der Waals surface area contributed by atoms with Gasteiger partial charge < -0.3 is 19.3 Å². The minimum atomic E-state index is -0.421. The Labute approximate surface area is 162 Å². The Bertz CT molecular complexity index is 703. The summed E-state index contributed by atoms with van der Waals surface area (Å²) in [6.07, 6.45) is 10.7. The van der Waals surface area contributed by atoms with Crippen LogP contribution in [0.15, 0.2) is 11.6 Å². The lowest BCUT2D eigenvalue weighted by Crippen LogP contribution is -2.56. The molecule has 2 aliphatic heterocycles. The fourth-order valence-corrected chi connectivity index (χ4v) is 7.55. The van der Waals surface area contributed by atoms with Crippen LogP contribution in [0.1, 0.15) is 72.1 Å². The molecule has 0 bridgehead atoms. The van der Waals surface area contributed by atoms with Gasteiger partial charge in [-0.15, -0.1) is 0 Å². The third kappa shape index (κ3) is 2.09. The Morgan fingerprint density at radius 2 is 1.78 bits per heavy atom. The summed E-state index contributed by atoms with van der Waals surface area (Å²) in [6, 6.07) is 0. The third-order valence-corrected chi connectivity index (χ3v) is 9.26. The van der Waals surface area contributed by atoms with Gasteiger partial charge in [0.1, 0.15) is 11.2 Å². The predicted octanol–water partition coefficient (Wildman–Crippen LogP) is 3.96. The van der Waals surface area contributed by atoms with Gasteiger partial charge in [0.15, 0.2) is 5.79 Å². The Morgan fingerprint density at radius 1 is 1.00 bits per heavy atom. The van der Waals surface area contributed by atoms with Crippen LogP contribution in [0.4, 0.5) is 0 Å². The molecular weight excluding hydrogens is 340 g/mol. The highest BCUT2D eigenvalue weighted by Crippen LogP contribution is 2.73. The van der Waals surface area contributed by atoms with E-state index in [1.165, 1.54) is 12.8 Å². The summed E-state index contributed by atoms with van der Waals surface area (Å²) in [7, 11) is 0. The number of hydrogen-bond donors (Lipinski definition) is 1. The maximum atomic E-state index is 10.6. The highest BCUT2D eigenvalue weighted by Gasteiger charge is 2.79. The van der Waals surface area contributed by atoms with E-state index < -0.39 is 5.79 Å². The molecule has 2 saturated heterocycles. The average Bonchev–Trinajstić information content (AvgIpc) is 3.23. The second kappa shape index (κ2) is 5.00. The van der Waals surface area contributed by atoms with Gasteiger partial charge in [-0.05, 0) is 55.9 Å². The summed E-state index contributed by atoms with van der Waals surface area (Å²) < 4.78 is 19.4. The second-order valence-corrected chi connectivity index (χ2v) is 11.5. The zero-order valence-corrected chi connectivity index (χ0v) is 17.1. The van der Waals surface area contributed by atoms with E-state index in [0.717, 1.165) is 51.7 Å². The zero-order valence-electron chi connectivity index (χ0n) is 17.1. The molecule has 4 aliphatic carbocycles. The first-order valence-electron chi connectivity index (χ1n) is 11.1. The third-order valence-electron chi connectivity index (χ3n) is 9.26. The summed E-state index contributed by atoms with van der Waals surface area (Å²) in [5, 5.41) is 10.6. The monoisotopic (exact) mass is 374 g/mol. The van der Waals surface area contributed by atoms with Crippen molar-refractivity contribution in [2.75, 3.05) is 13.2 Å². The van der Waals surface area contributed by atoms with Crippen molar-refractivity contribution in [1.82, 2.24) is 0 Å². The van der Waals surface area contributed by atoms with Gasteiger partial charge in [0.2, 0.25) is 0 Å². The van der Waals surface area contributed by atoms with Crippen molar-refractivity contribution in [3.63, 3.8) is 0 Å². The molecule has 1 N–H and O–H groups in total. The molecule has 5 fully saturated rings. The van der Waals surface area contributed by atoms with Crippen LogP contribution in [0.5, 0.6) is 0 Å². The van der Waals surface area contributed by atoms with Crippen molar-refractivity contribution in [2.24, 2.45) is 22.7 Å². The molecule has 6 aliphatic rings. The number of epoxide rings is 1. The lowest BCUT2D eigenvalue weighted by atomic mass is 9.54. The minimum Gasteiger partial charge on any atom is -0.393 e. The summed E-state index contributed by atoms with van der Waals surface area (Å²) in [6.45, 7) is 8.30. The summed E-state index contributed by atoms with van der Waals surface area (Å²) in [5.74, 6) is 0.816. The van der Waals surface area contributed by atoms with Gasteiger partial charge in [-0.25, -0.2) is 0 Å². The van der Waals surface area contributed by atoms with Gasteiger partial charge >= 0.3 is 0 Å². The molecule has 150 valence electrons. The summed E-state index contributed by atoms with van der Waals surface area (Å²) in [4.78, 5) is 0. The van der Waals surface area contributed by atoms with Gasteiger partial charge in [0.25, 0.3) is 0 Å². The molecule has 0 radical (unpaired) electrons. The molecule has 1 unspecified atom stereocenters. The van der Waals surface area contributed by atoms with E-state index in [2.05, 4.69) is 26.8 Å². The van der Waals surface area contributed by atoms with Crippen LogP contribution in [0.3, 0.4) is 0 Å². The van der Waals surface area contributed by atoms with Gasteiger partial charge in [0, 0.05) is 23.7 Å². The van der Waals surface area contributed by atoms with Crippen LogP contribution < -0.4 is 0 Å². The second-order valence-electron chi connectivity index (χ2n) is 11.5. The lowest BCUT2D eigenvalue weighted by Gasteiger charge is -2.52. The molecular formula is C23H34O4. The number of aliphatic hydroxyl groups excluding tert-OH is 1. The molecule has 6 rings (SSSR count). The Morgan fingerprint density at radius 3 is 2.56 bits per heavy atom. The first-order valence-corrected chi connectivity index (χ1v) is 11.1. The number of allylic oxidation sites excluding steroid dienone is 1. The minimum absolute atomic E-state index is 0.0459. The van der Waals surface area contributed by atoms with Gasteiger partial charge in [-0.2, -0.15) is 0 Å². The van der Waals surface area contributed by atoms with E-state index >= 15 is 0 Å². The molecule has 2 heterocycles. The first-order chi connectivity index (χ1) is 12.7. The molecule has 4 nitrogen and oxygen atoms in total. The highest BCUT2D eigenvalue weighted by molar-refractivity contribution is 5.43. The van der Waals surface area contributed by atoms with E-state index in [4.69, 9.17) is 14.2 Å². The molecule has 1 spiro atoms. The van der Waals surface area contributed by atoms with Crippen LogP contribution >= 0.6 is 0 Å². The SMILES string of the molecule is CC1(C)COC2(CC[C@]34O[C@]3(CC[C@@H]3C4=CC[C@]4(C)C(O)CC[C@@H]34)C2)OC1. The van der Waals surface area contributed by atoms with Gasteiger partial charge in [0.05, 0.1) is 19.3 Å². The number of aliphatic hydroxyl groups is 1. The van der Waals surface area contributed by atoms with Crippen molar-refractivity contribution in [1.29, 1.82) is 0 Å². The van der Waals surface area contributed by atoms with Crippen LogP contribution in [-0.4, -0.2) is 41.4 Å². The zero-order chi connectivity index (χ0) is 18.7. The smallest absolute Gasteiger partial charge is 0.171 e. The standard InChI is InChI=1S/C23H34O4/c1-19(2)13-25-22(26-14-19)10-11-23-17-7-8-20(3)16(4-5-18(20)24)15(17)6-9-21(23,12-22)27-23/h7,15-16,18,24H,4-6,8-14H2,1-3H3/t15-,16-,18?,20-,21+,23+/m0/s1. The largest absolute Gasteiger partial charge is 0.393 e. The number of ether oxygens (including phenoxy) is 3. The fraction of sp³-hybridized carbons (Fsp3) is 0.913. The average molecular weight is 375 g/mol. The van der Waals surface area contributed by atoms with Crippen molar-refractivity contribution >= 4 is 0 Å². The van der Waals surface area contributed by atoms with Crippen LogP contribution in [0, 0.1) is 22.7 Å². The molecule has 4 heteroatoms. The molecule has 27 heavy (non-hydrogen) atoms. The van der Waals surface area contributed by atoms with E-state index in [1.54, 1.807) is 5.57 Å². The molecule has 0 aromatic heterocycles. The van der Waals surface area contributed by atoms with Crippen LogP contribution in [0.2, 0.25) is 0 Å². The van der Waals surface area contributed by atoms with E-state index in [9.17, 15) is 5.11 Å². The van der Waals surface area contributed by atoms with Crippen LogP contribution in [0.25, 0.3) is 0 Å². The maximum absolute atomic E-state index is 10.6. The number of rotatable bonds is 0. The highest BCUT2D eigenvalue weighted by atomic mass is 16.7. The molecule has 6 atom stereocenters. The van der Waals surface area contributed by atoms with Crippen molar-refractivity contribution in [2.45, 2.75) is 95.2 Å². The van der Waals surface area contributed by atoms with Gasteiger partial charge in [-0.3, -0.25) is 0 Å². The molecule has 0 amide bonds. The van der Waals surface area contributed by atoms with E-state index in [-0.39, 0.29) is 28.1 Å². The number of hydrogen-bond acceptors (Lipinski definition) is 4. The van der Waals surface area contributed by atoms with Crippen molar-refractivity contribution in [3.8, 4) is 0 Å². The molecule has 0 aromatic carbocycles. The summed E-state index contributed by atoms with van der Waals surface area (Å²) in [5.41, 5.74) is 1.67. The van der Waals surface area contributed by atoms with Crippen LogP contribution in [-0.2, 0) is 14.2 Å². The Kier molecular flexibility index (Phi) is 3.23. The first kappa shape index (κ1) is 17.4. The van der Waals surface area contributed by atoms with Gasteiger partial charge in [-0.1, -0.05) is 26.8 Å². The Balaban J connectivity index is 1.29. The topological polar surface area (TPSA) is 51.2 Å². The van der Waals surface area contributed by atoms with Crippen molar-refractivity contribution < 1.29 is 19.3 Å². The fourth-order valence-electron chi connectivity index (χ4n) is 7.55. The number of fused-ring (bicyclic) bond motifs is 3. The van der Waals surface area contributed by atoms with Crippen molar-refractivity contribution in [3.05, 3.63) is 11.6 Å². The van der Waals surface area contributed by atoms with E-state index in [0.29, 0.717) is 11.8 Å². The maximum Gasteiger partial charge on any atom is 0.171 e. The lowest BCUT2D eigenvalue weighted by molar-refractivity contribution is -0.313. The van der Waals surface area contributed by atoms with E-state index in [1.807, 2.05) is 0 Å². The molecule has 3 saturated carbocycles. The Hall–Kier alpha value is -0.420. The quantitative estimate of drug-likeness (QED) is 0.515. The summed E-state index contributed by atoms with van der Waals surface area (Å²) >= 11 is 0. The predicted molar refractivity (Wildman–Crippen MR) is 101 cm³/mol. The molecule has 0 aromatic rings.